The smallest absolute Gasteiger partial charge is 0.147 e. The van der Waals surface area contributed by atoms with Crippen molar-refractivity contribution in [3.8, 4) is 6.07 Å². The second-order valence-corrected chi connectivity index (χ2v) is 9.85. The zero-order valence-corrected chi connectivity index (χ0v) is 19.4. The highest BCUT2D eigenvalue weighted by molar-refractivity contribution is 5.01. The van der Waals surface area contributed by atoms with Crippen molar-refractivity contribution < 1.29 is 9.47 Å². The summed E-state index contributed by atoms with van der Waals surface area (Å²) in [5, 5.41) is 9.67. The van der Waals surface area contributed by atoms with Crippen molar-refractivity contribution in [1.29, 1.82) is 5.26 Å². The van der Waals surface area contributed by atoms with Crippen molar-refractivity contribution >= 4 is 0 Å². The summed E-state index contributed by atoms with van der Waals surface area (Å²) < 4.78 is 12.1. The van der Waals surface area contributed by atoms with Crippen molar-refractivity contribution in [2.45, 2.75) is 142 Å². The number of nitriles is 1. The number of hydrogen-bond donors (Lipinski definition) is 0. The van der Waals surface area contributed by atoms with Gasteiger partial charge in [0.05, 0.1) is 23.7 Å². The van der Waals surface area contributed by atoms with Gasteiger partial charge in [-0.15, -0.1) is 0 Å². The summed E-state index contributed by atoms with van der Waals surface area (Å²) in [4.78, 5) is 0. The molecule has 168 valence electrons. The monoisotopic (exact) mass is 405 g/mol. The molecule has 0 saturated heterocycles. The third-order valence-corrected chi connectivity index (χ3v) is 7.50. The highest BCUT2D eigenvalue weighted by atomic mass is 16.7. The maximum atomic E-state index is 9.67. The van der Waals surface area contributed by atoms with Crippen LogP contribution in [0.1, 0.15) is 129 Å². The molecule has 29 heavy (non-hydrogen) atoms. The number of nitrogens with zero attached hydrogens (tertiary/aromatic N) is 1. The minimum atomic E-state index is -0.0786. The lowest BCUT2D eigenvalue weighted by Gasteiger charge is -2.35. The minimum absolute atomic E-state index is 0.0786. The zero-order valence-electron chi connectivity index (χ0n) is 19.4. The van der Waals surface area contributed by atoms with Crippen molar-refractivity contribution in [3.05, 3.63) is 0 Å². The molecule has 0 radical (unpaired) electrons. The zero-order chi connectivity index (χ0) is 20.8. The quantitative estimate of drug-likeness (QED) is 0.218. The molecule has 0 heterocycles. The van der Waals surface area contributed by atoms with Crippen LogP contribution in [0.25, 0.3) is 0 Å². The standard InChI is InChI=1S/C26H47NO2/c1-3-5-7-8-9-11-23-12-14-24(15-13-23)28-22-29-25-16-19-26(21-27,20-17-25)18-10-6-4-2/h23-25H,3-20,22H2,1-2H3. The average molecular weight is 406 g/mol. The molecular weight excluding hydrogens is 358 g/mol. The summed E-state index contributed by atoms with van der Waals surface area (Å²) in [7, 11) is 0. The molecule has 3 heteroatoms. The molecule has 2 aliphatic carbocycles. The molecule has 0 amide bonds. The van der Waals surface area contributed by atoms with Gasteiger partial charge in [0.2, 0.25) is 0 Å². The number of ether oxygens (including phenoxy) is 2. The number of hydrogen-bond acceptors (Lipinski definition) is 3. The lowest BCUT2D eigenvalue weighted by atomic mass is 9.71. The molecule has 0 spiro atoms. The maximum Gasteiger partial charge on any atom is 0.147 e. The van der Waals surface area contributed by atoms with Crippen LogP contribution in [0.15, 0.2) is 0 Å². The second-order valence-electron chi connectivity index (χ2n) is 9.85. The van der Waals surface area contributed by atoms with Gasteiger partial charge in [0.15, 0.2) is 0 Å². The van der Waals surface area contributed by atoms with E-state index in [-0.39, 0.29) is 5.41 Å². The van der Waals surface area contributed by atoms with Gasteiger partial charge in [-0.25, -0.2) is 0 Å². The van der Waals surface area contributed by atoms with Crippen molar-refractivity contribution in [2.24, 2.45) is 11.3 Å². The largest absolute Gasteiger partial charge is 0.352 e. The predicted molar refractivity (Wildman–Crippen MR) is 121 cm³/mol. The van der Waals surface area contributed by atoms with Gasteiger partial charge in [0.1, 0.15) is 6.79 Å². The number of rotatable bonds is 14. The average Bonchev–Trinajstić information content (AvgIpc) is 2.76. The van der Waals surface area contributed by atoms with Gasteiger partial charge >= 0.3 is 0 Å². The summed E-state index contributed by atoms with van der Waals surface area (Å²) in [6, 6.07) is 2.65. The van der Waals surface area contributed by atoms with E-state index in [9.17, 15) is 5.26 Å². The van der Waals surface area contributed by atoms with Crippen LogP contribution in [0.5, 0.6) is 0 Å². The Morgan fingerprint density at radius 1 is 0.759 bits per heavy atom. The summed E-state index contributed by atoms with van der Waals surface area (Å²) in [5.74, 6) is 0.933. The second kappa shape index (κ2) is 14.4. The van der Waals surface area contributed by atoms with Crippen LogP contribution in [-0.2, 0) is 9.47 Å². The van der Waals surface area contributed by atoms with Crippen LogP contribution in [0, 0.1) is 22.7 Å². The van der Waals surface area contributed by atoms with E-state index in [1.807, 2.05) is 0 Å². The van der Waals surface area contributed by atoms with Crippen LogP contribution in [-0.4, -0.2) is 19.0 Å². The van der Waals surface area contributed by atoms with Gasteiger partial charge in [0, 0.05) is 0 Å². The molecule has 0 atom stereocenters. The van der Waals surface area contributed by atoms with E-state index >= 15 is 0 Å². The van der Waals surface area contributed by atoms with E-state index in [0.29, 0.717) is 19.0 Å². The van der Waals surface area contributed by atoms with Crippen LogP contribution in [0.2, 0.25) is 0 Å². The first kappa shape index (κ1) is 24.7. The first-order valence-electron chi connectivity index (χ1n) is 12.9. The topological polar surface area (TPSA) is 42.2 Å². The Kier molecular flexibility index (Phi) is 12.3. The van der Waals surface area contributed by atoms with Gasteiger partial charge in [-0.1, -0.05) is 71.6 Å². The van der Waals surface area contributed by atoms with Gasteiger partial charge in [-0.05, 0) is 63.7 Å². The van der Waals surface area contributed by atoms with Crippen LogP contribution in [0.4, 0.5) is 0 Å². The Labute approximate surface area is 180 Å². The lowest BCUT2D eigenvalue weighted by molar-refractivity contribution is -0.137. The van der Waals surface area contributed by atoms with E-state index in [1.165, 1.54) is 83.5 Å². The Hall–Kier alpha value is -0.590. The highest BCUT2D eigenvalue weighted by Gasteiger charge is 2.35. The predicted octanol–water partition coefficient (Wildman–Crippen LogP) is 7.93. The Balaban J connectivity index is 1.51. The van der Waals surface area contributed by atoms with E-state index in [2.05, 4.69) is 19.9 Å². The van der Waals surface area contributed by atoms with Crippen molar-refractivity contribution in [3.63, 3.8) is 0 Å². The molecule has 0 N–H and O–H groups in total. The third kappa shape index (κ3) is 9.39. The van der Waals surface area contributed by atoms with Gasteiger partial charge in [-0.3, -0.25) is 0 Å². The highest BCUT2D eigenvalue weighted by Crippen LogP contribution is 2.41. The summed E-state index contributed by atoms with van der Waals surface area (Å²) in [6.07, 6.45) is 23.0. The maximum absolute atomic E-state index is 9.67. The molecule has 2 rings (SSSR count). The SMILES string of the molecule is CCCCCCCC1CCC(OCOC2CCC(C#N)(CCCCC)CC2)CC1. The van der Waals surface area contributed by atoms with Crippen molar-refractivity contribution in [1.82, 2.24) is 0 Å². The van der Waals surface area contributed by atoms with Crippen molar-refractivity contribution in [2.75, 3.05) is 6.79 Å². The van der Waals surface area contributed by atoms with E-state index in [1.54, 1.807) is 0 Å². The normalized spacial score (nSPS) is 30.2. The first-order valence-corrected chi connectivity index (χ1v) is 12.9. The molecule has 2 aliphatic rings. The first-order chi connectivity index (χ1) is 14.2. The van der Waals surface area contributed by atoms with Crippen LogP contribution in [0.3, 0.4) is 0 Å². The van der Waals surface area contributed by atoms with Gasteiger partial charge in [-0.2, -0.15) is 5.26 Å². The summed E-state index contributed by atoms with van der Waals surface area (Å²) in [6.45, 7) is 4.96. The molecule has 0 bridgehead atoms. The number of unbranched alkanes of at least 4 members (excludes halogenated alkanes) is 6. The fourth-order valence-corrected chi connectivity index (χ4v) is 5.30. The van der Waals surface area contributed by atoms with Gasteiger partial charge < -0.3 is 9.47 Å². The van der Waals surface area contributed by atoms with Gasteiger partial charge in [0.25, 0.3) is 0 Å². The molecule has 0 aromatic heterocycles. The van der Waals surface area contributed by atoms with E-state index in [0.717, 1.165) is 38.0 Å². The van der Waals surface area contributed by atoms with Crippen LogP contribution < -0.4 is 0 Å². The molecule has 2 fully saturated rings. The fourth-order valence-electron chi connectivity index (χ4n) is 5.30. The molecule has 2 saturated carbocycles. The van der Waals surface area contributed by atoms with Crippen LogP contribution >= 0.6 is 0 Å². The fraction of sp³-hybridized carbons (Fsp3) is 0.962. The Bertz CT molecular complexity index is 442. The molecule has 0 aromatic rings. The molecule has 0 unspecified atom stereocenters. The summed E-state index contributed by atoms with van der Waals surface area (Å²) >= 11 is 0. The molecular formula is C26H47NO2. The third-order valence-electron chi connectivity index (χ3n) is 7.50. The Morgan fingerprint density at radius 3 is 1.97 bits per heavy atom. The van der Waals surface area contributed by atoms with E-state index < -0.39 is 0 Å². The summed E-state index contributed by atoms with van der Waals surface area (Å²) in [5.41, 5.74) is -0.0786. The Morgan fingerprint density at radius 2 is 1.34 bits per heavy atom. The van der Waals surface area contributed by atoms with E-state index in [4.69, 9.17) is 9.47 Å². The molecule has 0 aromatic carbocycles. The molecule has 3 nitrogen and oxygen atoms in total. The minimum Gasteiger partial charge on any atom is -0.352 e. The lowest BCUT2D eigenvalue weighted by Crippen LogP contribution is -2.31. The molecule has 0 aliphatic heterocycles.